The topological polar surface area (TPSA) is 233 Å². The summed E-state index contributed by atoms with van der Waals surface area (Å²) in [7, 11) is 0. The normalized spacial score (nSPS) is 11.6. The average Bonchev–Trinajstić information content (AvgIpc) is 3.05. The van der Waals surface area contributed by atoms with Crippen LogP contribution in [0.1, 0.15) is 49.7 Å². The van der Waals surface area contributed by atoms with Crippen LogP contribution in [0.4, 0.5) is 29.6 Å². The molecule has 0 saturated carbocycles. The number of halogens is 3. The van der Waals surface area contributed by atoms with Gasteiger partial charge in [-0.2, -0.15) is 18.2 Å². The predicted molar refractivity (Wildman–Crippen MR) is 177 cm³/mol. The molecule has 2 aromatic heterocycles. The Labute approximate surface area is 289 Å². The van der Waals surface area contributed by atoms with Crippen LogP contribution in [0.15, 0.2) is 35.3 Å². The number of aromatic amines is 1. The van der Waals surface area contributed by atoms with Crippen molar-refractivity contribution in [1.29, 1.82) is 0 Å². The number of ether oxygens (including phenoxy) is 3. The minimum absolute atomic E-state index is 0.101. The maximum absolute atomic E-state index is 13.5. The number of nitrogens with one attached hydrogen (secondary N) is 4. The van der Waals surface area contributed by atoms with E-state index in [1.165, 1.54) is 12.1 Å². The van der Waals surface area contributed by atoms with Gasteiger partial charge in [-0.15, -0.1) is 0 Å². The second-order valence-corrected chi connectivity index (χ2v) is 11.8. The molecule has 0 spiro atoms. The Kier molecular flexibility index (Phi) is 14.6. The van der Waals surface area contributed by atoms with E-state index in [9.17, 15) is 37.1 Å². The second kappa shape index (κ2) is 18.6. The lowest BCUT2D eigenvalue weighted by Crippen LogP contribution is -2.41. The Balaban J connectivity index is 1.37. The fraction of sp³-hybridized carbons (Fsp3) is 0.484. The van der Waals surface area contributed by atoms with Crippen LogP contribution >= 0.6 is 0 Å². The zero-order valence-corrected chi connectivity index (χ0v) is 28.2. The van der Waals surface area contributed by atoms with Crippen molar-refractivity contribution in [2.24, 2.45) is 0 Å². The number of benzene rings is 1. The van der Waals surface area contributed by atoms with Crippen molar-refractivity contribution in [1.82, 2.24) is 35.9 Å². The van der Waals surface area contributed by atoms with Gasteiger partial charge in [-0.05, 0) is 51.5 Å². The van der Waals surface area contributed by atoms with Crippen molar-refractivity contribution in [3.8, 4) is 0 Å². The van der Waals surface area contributed by atoms with E-state index in [1.54, 1.807) is 20.8 Å². The molecule has 0 aliphatic carbocycles. The maximum atomic E-state index is 13.5. The molecular weight excluding hydrogens is 683 g/mol. The van der Waals surface area contributed by atoms with Crippen LogP contribution in [0, 0.1) is 0 Å². The molecule has 17 nitrogen and oxygen atoms in total. The van der Waals surface area contributed by atoms with Crippen molar-refractivity contribution < 1.29 is 46.6 Å². The van der Waals surface area contributed by atoms with Crippen LogP contribution in [0.3, 0.4) is 0 Å². The molecule has 0 bridgehead atoms. The Morgan fingerprint density at radius 2 is 1.55 bits per heavy atom. The monoisotopic (exact) mass is 723 g/mol. The number of nitrogens with zero attached hydrogens (tertiary/aromatic N) is 4. The number of alkyl carbamates (subject to hydrolysis) is 1. The quantitative estimate of drug-likeness (QED) is 0.125. The molecular formula is C31H40F3N9O8. The standard InChI is InChI=1S/C31H40F3N9O8/c1-30(2,3)51-29(48)38-12-14-50-16-15-49-13-11-36-22(44)5-4-10-37-25(45)19-6-8-21(9-7-19)43(27(47)31(32,33)34)18-20-17-39-24-23(40-20)26(46)42-28(35)41-24/h6-9,17H,4-5,10-16,18H2,1-3H3,(H,36,44)(H,37,45)(H,38,48)(H3,35,39,41,42,46). The highest BCUT2D eigenvalue weighted by atomic mass is 19.4. The number of carbonyl (C=O) groups excluding carboxylic acids is 4. The number of nitrogens with two attached hydrogens (primary N) is 1. The van der Waals surface area contributed by atoms with E-state index in [4.69, 9.17) is 19.9 Å². The van der Waals surface area contributed by atoms with E-state index in [-0.39, 0.29) is 79.2 Å². The molecule has 0 aliphatic rings. The maximum Gasteiger partial charge on any atom is 0.471 e. The largest absolute Gasteiger partial charge is 0.471 e. The van der Waals surface area contributed by atoms with Gasteiger partial charge in [0.05, 0.1) is 44.9 Å². The average molecular weight is 724 g/mol. The molecule has 0 aliphatic heterocycles. The number of anilines is 2. The Morgan fingerprint density at radius 3 is 2.18 bits per heavy atom. The summed E-state index contributed by atoms with van der Waals surface area (Å²) in [6.07, 6.45) is -4.27. The summed E-state index contributed by atoms with van der Waals surface area (Å²) in [6.45, 7) is 6.43. The van der Waals surface area contributed by atoms with Gasteiger partial charge in [0.2, 0.25) is 11.9 Å². The number of nitrogen functional groups attached to an aromatic ring is 1. The number of fused-ring (bicyclic) bond motifs is 1. The molecule has 1 aromatic carbocycles. The van der Waals surface area contributed by atoms with E-state index in [0.717, 1.165) is 18.3 Å². The van der Waals surface area contributed by atoms with Crippen LogP contribution < -0.4 is 32.1 Å². The van der Waals surface area contributed by atoms with Crippen molar-refractivity contribution in [3.63, 3.8) is 0 Å². The van der Waals surface area contributed by atoms with Crippen molar-refractivity contribution in [2.45, 2.75) is 51.9 Å². The summed E-state index contributed by atoms with van der Waals surface area (Å²) in [6, 6.07) is 4.80. The van der Waals surface area contributed by atoms with E-state index >= 15 is 0 Å². The smallest absolute Gasteiger partial charge is 0.444 e. The Morgan fingerprint density at radius 1 is 0.902 bits per heavy atom. The number of amides is 4. The summed E-state index contributed by atoms with van der Waals surface area (Å²) in [5, 5.41) is 7.88. The van der Waals surface area contributed by atoms with E-state index in [1.807, 2.05) is 0 Å². The highest BCUT2D eigenvalue weighted by molar-refractivity contribution is 5.98. The molecule has 20 heteroatoms. The van der Waals surface area contributed by atoms with Gasteiger partial charge in [-0.1, -0.05) is 0 Å². The lowest BCUT2D eigenvalue weighted by molar-refractivity contribution is -0.170. The second-order valence-electron chi connectivity index (χ2n) is 11.8. The van der Waals surface area contributed by atoms with Crippen LogP contribution in [0.5, 0.6) is 0 Å². The number of rotatable bonds is 17. The first-order chi connectivity index (χ1) is 24.0. The van der Waals surface area contributed by atoms with Crippen molar-refractivity contribution in [3.05, 3.63) is 52.1 Å². The third kappa shape index (κ3) is 13.8. The number of hydrogen-bond donors (Lipinski definition) is 5. The number of aromatic nitrogens is 4. The number of H-pyrrole nitrogens is 1. The van der Waals surface area contributed by atoms with Crippen molar-refractivity contribution >= 4 is 46.6 Å². The summed E-state index contributed by atoms with van der Waals surface area (Å²) < 4.78 is 56.3. The van der Waals surface area contributed by atoms with Gasteiger partial charge in [0, 0.05) is 37.3 Å². The highest BCUT2D eigenvalue weighted by Crippen LogP contribution is 2.26. The molecule has 0 unspecified atom stereocenters. The van der Waals surface area contributed by atoms with Crippen LogP contribution in [-0.4, -0.2) is 102 Å². The molecule has 0 radical (unpaired) electrons. The fourth-order valence-corrected chi connectivity index (χ4v) is 4.20. The number of alkyl halides is 3. The molecule has 2 heterocycles. The Bertz CT molecular complexity index is 1710. The van der Waals surface area contributed by atoms with Gasteiger partial charge < -0.3 is 35.9 Å². The molecule has 3 rings (SSSR count). The van der Waals surface area contributed by atoms with E-state index in [0.29, 0.717) is 24.5 Å². The molecule has 4 amide bonds. The minimum atomic E-state index is -5.24. The van der Waals surface area contributed by atoms with Crippen LogP contribution in [0.2, 0.25) is 0 Å². The van der Waals surface area contributed by atoms with E-state index in [2.05, 4.69) is 35.9 Å². The van der Waals surface area contributed by atoms with Gasteiger partial charge in [-0.3, -0.25) is 29.1 Å². The van der Waals surface area contributed by atoms with Gasteiger partial charge >= 0.3 is 18.2 Å². The summed E-state index contributed by atoms with van der Waals surface area (Å²) >= 11 is 0. The van der Waals surface area contributed by atoms with Gasteiger partial charge in [0.15, 0.2) is 11.2 Å². The highest BCUT2D eigenvalue weighted by Gasteiger charge is 2.43. The van der Waals surface area contributed by atoms with Gasteiger partial charge in [-0.25, -0.2) is 14.8 Å². The molecule has 0 fully saturated rings. The third-order valence-corrected chi connectivity index (χ3v) is 6.46. The minimum Gasteiger partial charge on any atom is -0.444 e. The first-order valence-corrected chi connectivity index (χ1v) is 15.7. The zero-order chi connectivity index (χ0) is 37.6. The van der Waals surface area contributed by atoms with Crippen LogP contribution in [-0.2, 0) is 30.3 Å². The molecule has 3 aromatic rings. The zero-order valence-electron chi connectivity index (χ0n) is 28.2. The first-order valence-electron chi connectivity index (χ1n) is 15.7. The third-order valence-electron chi connectivity index (χ3n) is 6.46. The SMILES string of the molecule is CC(C)(C)OC(=O)NCCOCCOCCNC(=O)CCCNC(=O)c1ccc(N(Cc2cnc3nc(N)[nH]c(=O)c3n2)C(=O)C(F)(F)F)cc1. The number of hydrogen-bond acceptors (Lipinski definition) is 12. The summed E-state index contributed by atoms with van der Waals surface area (Å²) in [4.78, 5) is 74.9. The lowest BCUT2D eigenvalue weighted by Gasteiger charge is -2.23. The molecule has 278 valence electrons. The van der Waals surface area contributed by atoms with Gasteiger partial charge in [0.25, 0.3) is 11.5 Å². The van der Waals surface area contributed by atoms with E-state index < -0.39 is 41.8 Å². The molecule has 0 saturated heterocycles. The molecule has 0 atom stereocenters. The summed E-state index contributed by atoms with van der Waals surface area (Å²) in [5.41, 5.74) is 3.50. The van der Waals surface area contributed by atoms with Crippen molar-refractivity contribution in [2.75, 3.05) is 56.7 Å². The number of carbonyl (C=O) groups is 4. The Hall–Kier alpha value is -5.37. The molecule has 6 N–H and O–H groups in total. The predicted octanol–water partition coefficient (Wildman–Crippen LogP) is 1.57. The molecule has 51 heavy (non-hydrogen) atoms. The summed E-state index contributed by atoms with van der Waals surface area (Å²) in [5.74, 6) is -3.22. The lowest BCUT2D eigenvalue weighted by atomic mass is 10.1. The van der Waals surface area contributed by atoms with Crippen LogP contribution in [0.25, 0.3) is 11.2 Å². The fourth-order valence-electron chi connectivity index (χ4n) is 4.20. The van der Waals surface area contributed by atoms with Gasteiger partial charge in [0.1, 0.15) is 5.60 Å². The first kappa shape index (κ1) is 40.1.